The van der Waals surface area contributed by atoms with E-state index in [4.69, 9.17) is 9.84 Å². The van der Waals surface area contributed by atoms with Gasteiger partial charge in [0.05, 0.1) is 5.69 Å². The van der Waals surface area contributed by atoms with Gasteiger partial charge in [-0.05, 0) is 57.3 Å². The van der Waals surface area contributed by atoms with Crippen LogP contribution >= 0.6 is 0 Å². The van der Waals surface area contributed by atoms with Crippen molar-refractivity contribution in [2.24, 2.45) is 0 Å². The van der Waals surface area contributed by atoms with Gasteiger partial charge in [0.2, 0.25) is 0 Å². The fourth-order valence-corrected chi connectivity index (χ4v) is 3.55. The second-order valence-electron chi connectivity index (χ2n) is 7.16. The molecule has 1 fully saturated rings. The smallest absolute Gasteiger partial charge is 0.341 e. The van der Waals surface area contributed by atoms with Gasteiger partial charge in [0.1, 0.15) is 5.75 Å². The number of rotatable bonds is 6. The molecule has 0 spiro atoms. The minimum absolute atomic E-state index is 0.339. The van der Waals surface area contributed by atoms with E-state index in [1.807, 2.05) is 30.3 Å². The average molecular weight is 369 g/mol. The second kappa shape index (κ2) is 8.97. The number of nitrogens with zero attached hydrogens (tertiary/aromatic N) is 3. The van der Waals surface area contributed by atoms with E-state index in [1.54, 1.807) is 6.20 Å². The molecule has 1 saturated heterocycles. The third kappa shape index (κ3) is 5.28. The highest BCUT2D eigenvalue weighted by Gasteiger charge is 2.21. The van der Waals surface area contributed by atoms with E-state index in [1.165, 1.54) is 0 Å². The summed E-state index contributed by atoms with van der Waals surface area (Å²) in [5, 5.41) is 8.98. The van der Waals surface area contributed by atoms with E-state index in [-0.39, 0.29) is 6.61 Å². The molecule has 1 N–H and O–H groups in total. The van der Waals surface area contributed by atoms with Gasteiger partial charge in [-0.2, -0.15) is 0 Å². The van der Waals surface area contributed by atoms with E-state index in [9.17, 15) is 4.79 Å². The molecule has 0 bridgehead atoms. The number of pyridine rings is 1. The normalized spacial score (nSPS) is 18.8. The number of aliphatic carboxylic acids is 1. The number of hydrogen-bond acceptors (Lipinski definition) is 5. The Labute approximate surface area is 160 Å². The van der Waals surface area contributed by atoms with Crippen LogP contribution in [0.5, 0.6) is 5.75 Å². The molecule has 2 heterocycles. The van der Waals surface area contributed by atoms with Gasteiger partial charge >= 0.3 is 5.97 Å². The largest absolute Gasteiger partial charge is 0.482 e. The van der Waals surface area contributed by atoms with Gasteiger partial charge in [0, 0.05) is 43.0 Å². The summed E-state index contributed by atoms with van der Waals surface area (Å²) in [5.74, 6) is -0.346. The van der Waals surface area contributed by atoms with Crippen LogP contribution in [-0.4, -0.2) is 65.2 Å². The zero-order valence-corrected chi connectivity index (χ0v) is 16.0. The van der Waals surface area contributed by atoms with Crippen molar-refractivity contribution in [1.82, 2.24) is 14.8 Å². The summed E-state index contributed by atoms with van der Waals surface area (Å²) in [7, 11) is 2.16. The Morgan fingerprint density at radius 1 is 1.30 bits per heavy atom. The first kappa shape index (κ1) is 19.3. The lowest BCUT2D eigenvalue weighted by Crippen LogP contribution is -2.37. The van der Waals surface area contributed by atoms with Gasteiger partial charge in [-0.15, -0.1) is 0 Å². The molecule has 144 valence electrons. The lowest BCUT2D eigenvalue weighted by atomic mass is 10.1. The number of carboxylic acids is 1. The SMILES string of the molecule is C[C@H]1CN(C)CCCN1Cc1cc(-c2ccccn2)ccc1OCC(=O)O. The number of likely N-dealkylation sites (N-methyl/N-ethyl adjacent to an activating group) is 1. The summed E-state index contributed by atoms with van der Waals surface area (Å²) in [6.07, 6.45) is 2.89. The molecular formula is C21H27N3O3. The number of hydrogen-bond donors (Lipinski definition) is 1. The Morgan fingerprint density at radius 2 is 2.15 bits per heavy atom. The fraction of sp³-hybridized carbons (Fsp3) is 0.429. The minimum atomic E-state index is -0.973. The van der Waals surface area contributed by atoms with E-state index in [0.29, 0.717) is 11.8 Å². The molecule has 0 saturated carbocycles. The summed E-state index contributed by atoms with van der Waals surface area (Å²) in [4.78, 5) is 20.2. The van der Waals surface area contributed by atoms with Crippen LogP contribution in [0.1, 0.15) is 18.9 Å². The summed E-state index contributed by atoms with van der Waals surface area (Å²) in [6.45, 7) is 5.75. The molecule has 0 unspecified atom stereocenters. The van der Waals surface area contributed by atoms with Crippen LogP contribution < -0.4 is 4.74 Å². The number of carbonyl (C=O) groups is 1. The molecule has 1 aromatic carbocycles. The predicted octanol–water partition coefficient (Wildman–Crippen LogP) is 2.74. The van der Waals surface area contributed by atoms with Crippen LogP contribution in [0.2, 0.25) is 0 Å². The van der Waals surface area contributed by atoms with Crippen LogP contribution in [-0.2, 0) is 11.3 Å². The maximum atomic E-state index is 10.9. The quantitative estimate of drug-likeness (QED) is 0.845. The Morgan fingerprint density at radius 3 is 2.89 bits per heavy atom. The van der Waals surface area contributed by atoms with Gasteiger partial charge in [-0.3, -0.25) is 9.88 Å². The first-order valence-corrected chi connectivity index (χ1v) is 9.34. The zero-order chi connectivity index (χ0) is 19.2. The summed E-state index contributed by atoms with van der Waals surface area (Å²) >= 11 is 0. The third-order valence-electron chi connectivity index (χ3n) is 4.93. The molecule has 0 aliphatic carbocycles. The Balaban J connectivity index is 1.87. The fourth-order valence-electron chi connectivity index (χ4n) is 3.55. The Kier molecular flexibility index (Phi) is 6.42. The predicted molar refractivity (Wildman–Crippen MR) is 105 cm³/mol. The Bertz CT molecular complexity index is 767. The summed E-state index contributed by atoms with van der Waals surface area (Å²) in [5.41, 5.74) is 2.90. The molecule has 3 rings (SSSR count). The van der Waals surface area contributed by atoms with Crippen LogP contribution in [0.15, 0.2) is 42.6 Å². The van der Waals surface area contributed by atoms with Gasteiger partial charge in [0.25, 0.3) is 0 Å². The molecule has 0 radical (unpaired) electrons. The van der Waals surface area contributed by atoms with E-state index in [2.05, 4.69) is 34.8 Å². The van der Waals surface area contributed by atoms with E-state index >= 15 is 0 Å². The molecule has 0 amide bonds. The number of aromatic nitrogens is 1. The van der Waals surface area contributed by atoms with Gasteiger partial charge in [0.15, 0.2) is 6.61 Å². The molecule has 27 heavy (non-hydrogen) atoms. The minimum Gasteiger partial charge on any atom is -0.482 e. The van der Waals surface area contributed by atoms with Gasteiger partial charge in [-0.1, -0.05) is 6.07 Å². The van der Waals surface area contributed by atoms with Crippen molar-refractivity contribution in [3.63, 3.8) is 0 Å². The molecule has 1 atom stereocenters. The summed E-state index contributed by atoms with van der Waals surface area (Å²) in [6, 6.07) is 12.1. The van der Waals surface area contributed by atoms with Crippen molar-refractivity contribution < 1.29 is 14.6 Å². The molecule has 2 aromatic rings. The van der Waals surface area contributed by atoms with E-state index in [0.717, 1.165) is 49.4 Å². The van der Waals surface area contributed by atoms with Crippen molar-refractivity contribution in [3.05, 3.63) is 48.2 Å². The first-order valence-electron chi connectivity index (χ1n) is 9.34. The number of benzene rings is 1. The monoisotopic (exact) mass is 369 g/mol. The van der Waals surface area contributed by atoms with Crippen molar-refractivity contribution in [3.8, 4) is 17.0 Å². The van der Waals surface area contributed by atoms with Gasteiger partial charge in [-0.25, -0.2) is 4.79 Å². The molecule has 1 aliphatic rings. The summed E-state index contributed by atoms with van der Waals surface area (Å²) < 4.78 is 5.56. The molecule has 1 aromatic heterocycles. The number of carboxylic acid groups (broad SMARTS) is 1. The van der Waals surface area contributed by atoms with Crippen LogP contribution in [0.3, 0.4) is 0 Å². The standard InChI is InChI=1S/C21H27N3O3/c1-16-13-23(2)10-5-11-24(16)14-18-12-17(19-6-3-4-9-22-19)7-8-20(18)27-15-21(25)26/h3-4,6-9,12,16H,5,10-11,13-15H2,1-2H3,(H,25,26)/t16-/m0/s1. The highest BCUT2D eigenvalue weighted by atomic mass is 16.5. The lowest BCUT2D eigenvalue weighted by molar-refractivity contribution is -0.139. The van der Waals surface area contributed by atoms with Gasteiger partial charge < -0.3 is 14.7 Å². The molecule has 1 aliphatic heterocycles. The van der Waals surface area contributed by atoms with Crippen molar-refractivity contribution in [2.75, 3.05) is 33.3 Å². The van der Waals surface area contributed by atoms with Crippen molar-refractivity contribution >= 4 is 5.97 Å². The second-order valence-corrected chi connectivity index (χ2v) is 7.16. The highest BCUT2D eigenvalue weighted by molar-refractivity contribution is 5.69. The van der Waals surface area contributed by atoms with Crippen molar-refractivity contribution in [2.45, 2.75) is 25.9 Å². The highest BCUT2D eigenvalue weighted by Crippen LogP contribution is 2.28. The van der Waals surface area contributed by atoms with Crippen LogP contribution in [0.4, 0.5) is 0 Å². The third-order valence-corrected chi connectivity index (χ3v) is 4.93. The molecular weight excluding hydrogens is 342 g/mol. The van der Waals surface area contributed by atoms with Crippen molar-refractivity contribution in [1.29, 1.82) is 0 Å². The molecule has 6 heteroatoms. The maximum absolute atomic E-state index is 10.9. The number of ether oxygens (including phenoxy) is 1. The Hall–Kier alpha value is -2.44. The first-order chi connectivity index (χ1) is 13.0. The van der Waals surface area contributed by atoms with Crippen LogP contribution in [0, 0.1) is 0 Å². The molecule has 6 nitrogen and oxygen atoms in total. The maximum Gasteiger partial charge on any atom is 0.341 e. The zero-order valence-electron chi connectivity index (χ0n) is 16.0. The average Bonchev–Trinajstić information content (AvgIpc) is 2.81. The lowest BCUT2D eigenvalue weighted by Gasteiger charge is -2.28. The van der Waals surface area contributed by atoms with E-state index < -0.39 is 5.97 Å². The topological polar surface area (TPSA) is 65.9 Å². The van der Waals surface area contributed by atoms with Crippen LogP contribution in [0.25, 0.3) is 11.3 Å².